The molecular formula is C12H24ClNO. The molecule has 2 nitrogen and oxygen atoms in total. The largest absolute Gasteiger partial charge is 0.390 e. The topological polar surface area (TPSA) is 23.5 Å². The second-order valence-electron chi connectivity index (χ2n) is 5.06. The zero-order chi connectivity index (χ0) is 11.4. The van der Waals surface area contributed by atoms with Gasteiger partial charge in [0, 0.05) is 12.6 Å². The summed E-state index contributed by atoms with van der Waals surface area (Å²) in [5.41, 5.74) is 0. The van der Waals surface area contributed by atoms with Crippen molar-refractivity contribution >= 4 is 11.6 Å². The number of hydrogen-bond acceptors (Lipinski definition) is 2. The molecule has 0 aliphatic carbocycles. The summed E-state index contributed by atoms with van der Waals surface area (Å²) in [4.78, 5) is 2.37. The second-order valence-corrected chi connectivity index (χ2v) is 5.56. The van der Waals surface area contributed by atoms with Crippen LogP contribution in [0, 0.1) is 5.92 Å². The Labute approximate surface area is 98.6 Å². The molecule has 1 rings (SSSR count). The van der Waals surface area contributed by atoms with Crippen molar-refractivity contribution in [2.24, 2.45) is 5.92 Å². The molecule has 1 saturated heterocycles. The van der Waals surface area contributed by atoms with E-state index in [9.17, 15) is 5.11 Å². The number of likely N-dealkylation sites (tertiary alicyclic amines) is 1. The van der Waals surface area contributed by atoms with E-state index in [4.69, 9.17) is 11.6 Å². The smallest absolute Gasteiger partial charge is 0.0845 e. The van der Waals surface area contributed by atoms with Crippen LogP contribution in [0.25, 0.3) is 0 Å². The summed E-state index contributed by atoms with van der Waals surface area (Å²) < 4.78 is 0. The van der Waals surface area contributed by atoms with E-state index in [1.807, 2.05) is 0 Å². The molecule has 1 N–H and O–H groups in total. The highest BCUT2D eigenvalue weighted by Gasteiger charge is 2.39. The SMILES string of the molecule is CCCCN1C[C@@H](O)[C@@H](Cl)[C@H]1CC(C)C. The van der Waals surface area contributed by atoms with Gasteiger partial charge in [-0.1, -0.05) is 27.2 Å². The van der Waals surface area contributed by atoms with Gasteiger partial charge in [0.25, 0.3) is 0 Å². The Morgan fingerprint density at radius 3 is 2.67 bits per heavy atom. The summed E-state index contributed by atoms with van der Waals surface area (Å²) in [6.07, 6.45) is 3.15. The molecule has 0 unspecified atom stereocenters. The summed E-state index contributed by atoms with van der Waals surface area (Å²) in [7, 11) is 0. The van der Waals surface area contributed by atoms with Gasteiger partial charge in [0.1, 0.15) is 0 Å². The number of alkyl halides is 1. The molecule has 3 atom stereocenters. The second kappa shape index (κ2) is 6.07. The monoisotopic (exact) mass is 233 g/mol. The van der Waals surface area contributed by atoms with E-state index in [2.05, 4.69) is 25.7 Å². The van der Waals surface area contributed by atoms with Crippen molar-refractivity contribution in [2.45, 2.75) is 57.6 Å². The predicted molar refractivity (Wildman–Crippen MR) is 65.4 cm³/mol. The fourth-order valence-electron chi connectivity index (χ4n) is 2.31. The van der Waals surface area contributed by atoms with Gasteiger partial charge >= 0.3 is 0 Å². The maximum Gasteiger partial charge on any atom is 0.0845 e. The molecule has 3 heteroatoms. The molecule has 90 valence electrons. The van der Waals surface area contributed by atoms with E-state index in [-0.39, 0.29) is 11.5 Å². The Kier molecular flexibility index (Phi) is 5.37. The number of β-amino-alcohol motifs (C(OH)–C–C–N with tert-alkyl or cyclic N) is 1. The van der Waals surface area contributed by atoms with Crippen LogP contribution in [0.3, 0.4) is 0 Å². The van der Waals surface area contributed by atoms with Crippen molar-refractivity contribution < 1.29 is 5.11 Å². The lowest BCUT2D eigenvalue weighted by molar-refractivity contribution is 0.174. The lowest BCUT2D eigenvalue weighted by Crippen LogP contribution is -2.35. The third-order valence-corrected chi connectivity index (χ3v) is 3.72. The first kappa shape index (κ1) is 13.3. The van der Waals surface area contributed by atoms with Gasteiger partial charge in [0.05, 0.1) is 11.5 Å². The van der Waals surface area contributed by atoms with E-state index in [0.29, 0.717) is 12.0 Å². The van der Waals surface area contributed by atoms with Crippen LogP contribution in [0.2, 0.25) is 0 Å². The van der Waals surface area contributed by atoms with E-state index < -0.39 is 0 Å². The van der Waals surface area contributed by atoms with E-state index in [1.54, 1.807) is 0 Å². The lowest BCUT2D eigenvalue weighted by atomic mass is 10.0. The van der Waals surface area contributed by atoms with Crippen molar-refractivity contribution in [3.63, 3.8) is 0 Å². The molecule has 0 amide bonds. The molecule has 1 aliphatic heterocycles. The molecule has 1 heterocycles. The lowest BCUT2D eigenvalue weighted by Gasteiger charge is -2.26. The number of nitrogens with zero attached hydrogens (tertiary/aromatic N) is 1. The summed E-state index contributed by atoms with van der Waals surface area (Å²) in [6, 6.07) is 0.369. The van der Waals surface area contributed by atoms with Crippen LogP contribution in [-0.2, 0) is 0 Å². The van der Waals surface area contributed by atoms with Crippen LogP contribution in [0.5, 0.6) is 0 Å². The third kappa shape index (κ3) is 3.61. The molecule has 1 aliphatic rings. The first-order valence-corrected chi connectivity index (χ1v) is 6.56. The first-order chi connectivity index (χ1) is 7.06. The van der Waals surface area contributed by atoms with Crippen LogP contribution >= 0.6 is 11.6 Å². The average molecular weight is 234 g/mol. The molecular weight excluding hydrogens is 210 g/mol. The van der Waals surface area contributed by atoms with Crippen LogP contribution in [0.1, 0.15) is 40.0 Å². The Balaban J connectivity index is 2.52. The molecule has 0 aromatic rings. The van der Waals surface area contributed by atoms with Gasteiger partial charge in [-0.05, 0) is 25.3 Å². The van der Waals surface area contributed by atoms with E-state index in [1.165, 1.54) is 12.8 Å². The molecule has 0 bridgehead atoms. The predicted octanol–water partition coefficient (Wildman–Crippen LogP) is 2.49. The highest BCUT2D eigenvalue weighted by molar-refractivity contribution is 6.21. The summed E-state index contributed by atoms with van der Waals surface area (Å²) in [5.74, 6) is 0.644. The molecule has 15 heavy (non-hydrogen) atoms. The van der Waals surface area contributed by atoms with Crippen molar-refractivity contribution in [1.29, 1.82) is 0 Å². The minimum atomic E-state index is -0.340. The Hall–Kier alpha value is 0.210. The zero-order valence-electron chi connectivity index (χ0n) is 10.1. The van der Waals surface area contributed by atoms with Gasteiger partial charge < -0.3 is 5.11 Å². The molecule has 1 fully saturated rings. The Morgan fingerprint density at radius 1 is 1.47 bits per heavy atom. The van der Waals surface area contributed by atoms with Gasteiger partial charge in [0.15, 0.2) is 0 Å². The molecule has 0 radical (unpaired) electrons. The van der Waals surface area contributed by atoms with Crippen molar-refractivity contribution in [2.75, 3.05) is 13.1 Å². The first-order valence-electron chi connectivity index (χ1n) is 6.12. The molecule has 0 aromatic heterocycles. The van der Waals surface area contributed by atoms with Crippen LogP contribution in [-0.4, -0.2) is 40.6 Å². The third-order valence-electron chi connectivity index (χ3n) is 3.14. The van der Waals surface area contributed by atoms with Gasteiger partial charge in [-0.3, -0.25) is 4.90 Å². The summed E-state index contributed by atoms with van der Waals surface area (Å²) >= 11 is 6.25. The highest BCUT2D eigenvalue weighted by atomic mass is 35.5. The van der Waals surface area contributed by atoms with Crippen LogP contribution < -0.4 is 0 Å². The van der Waals surface area contributed by atoms with Crippen molar-refractivity contribution in [1.82, 2.24) is 4.90 Å². The van der Waals surface area contributed by atoms with E-state index >= 15 is 0 Å². The molecule has 0 spiro atoms. The number of halogens is 1. The quantitative estimate of drug-likeness (QED) is 0.738. The zero-order valence-corrected chi connectivity index (χ0v) is 10.9. The Morgan fingerprint density at radius 2 is 2.13 bits per heavy atom. The van der Waals surface area contributed by atoms with Crippen LogP contribution in [0.4, 0.5) is 0 Å². The average Bonchev–Trinajstić information content (AvgIpc) is 2.42. The maximum absolute atomic E-state index is 9.78. The van der Waals surface area contributed by atoms with Crippen molar-refractivity contribution in [3.8, 4) is 0 Å². The minimum absolute atomic E-state index is 0.0794. The number of aliphatic hydroxyl groups excluding tert-OH is 1. The van der Waals surface area contributed by atoms with Crippen molar-refractivity contribution in [3.05, 3.63) is 0 Å². The van der Waals surface area contributed by atoms with Gasteiger partial charge in [-0.25, -0.2) is 0 Å². The summed E-state index contributed by atoms with van der Waals surface area (Å²) in [6.45, 7) is 8.46. The number of rotatable bonds is 5. The van der Waals surface area contributed by atoms with Crippen LogP contribution in [0.15, 0.2) is 0 Å². The normalized spacial score (nSPS) is 32.8. The summed E-state index contributed by atoms with van der Waals surface area (Å²) in [5, 5.41) is 9.70. The fourth-order valence-corrected chi connectivity index (χ4v) is 2.66. The van der Waals surface area contributed by atoms with E-state index in [0.717, 1.165) is 19.5 Å². The number of hydrogen-bond donors (Lipinski definition) is 1. The molecule has 0 saturated carbocycles. The molecule has 0 aromatic carbocycles. The minimum Gasteiger partial charge on any atom is -0.390 e. The highest BCUT2D eigenvalue weighted by Crippen LogP contribution is 2.28. The van der Waals surface area contributed by atoms with Gasteiger partial charge in [-0.2, -0.15) is 0 Å². The van der Waals surface area contributed by atoms with Gasteiger partial charge in [0.2, 0.25) is 0 Å². The number of aliphatic hydroxyl groups is 1. The number of unbranched alkanes of at least 4 members (excludes halogenated alkanes) is 1. The van der Waals surface area contributed by atoms with Gasteiger partial charge in [-0.15, -0.1) is 11.6 Å². The standard InChI is InChI=1S/C12H24ClNO/c1-4-5-6-14-8-11(15)12(13)10(14)7-9(2)3/h9-12,15H,4-8H2,1-3H3/t10-,11-,12+/m1/s1. The Bertz CT molecular complexity index is 186. The maximum atomic E-state index is 9.78. The fraction of sp³-hybridized carbons (Fsp3) is 1.00.